The van der Waals surface area contributed by atoms with Crippen molar-refractivity contribution in [1.82, 2.24) is 0 Å². The minimum atomic E-state index is 0.527. The molecule has 0 bridgehead atoms. The van der Waals surface area contributed by atoms with Crippen LogP contribution in [0.4, 0.5) is 0 Å². The first-order valence-corrected chi connectivity index (χ1v) is 7.42. The van der Waals surface area contributed by atoms with Gasteiger partial charge in [-0.3, -0.25) is 0 Å². The Morgan fingerprint density at radius 2 is 2.05 bits per heavy atom. The fraction of sp³-hybridized carbons (Fsp3) is 0.375. The van der Waals surface area contributed by atoms with Crippen LogP contribution in [-0.2, 0) is 0 Å². The van der Waals surface area contributed by atoms with E-state index >= 15 is 0 Å². The van der Waals surface area contributed by atoms with Crippen LogP contribution in [0, 0.1) is 6.92 Å². The van der Waals surface area contributed by atoms with E-state index < -0.39 is 0 Å². The van der Waals surface area contributed by atoms with E-state index in [0.29, 0.717) is 5.92 Å². The van der Waals surface area contributed by atoms with E-state index in [9.17, 15) is 0 Å². The molecule has 1 heterocycles. The molecule has 1 atom stereocenters. The Balaban J connectivity index is 2.34. The second kappa shape index (κ2) is 6.22. The van der Waals surface area contributed by atoms with E-state index in [1.54, 1.807) is 7.11 Å². The van der Waals surface area contributed by atoms with Crippen LogP contribution < -0.4 is 10.5 Å². The zero-order valence-corrected chi connectivity index (χ0v) is 12.6. The molecule has 19 heavy (non-hydrogen) atoms. The van der Waals surface area contributed by atoms with Crippen LogP contribution in [0.25, 0.3) is 10.4 Å². The minimum Gasteiger partial charge on any atom is -0.496 e. The third kappa shape index (κ3) is 3.17. The van der Waals surface area contributed by atoms with Gasteiger partial charge in [0.15, 0.2) is 0 Å². The Kier molecular flexibility index (Phi) is 4.61. The lowest BCUT2D eigenvalue weighted by Gasteiger charge is -2.08. The van der Waals surface area contributed by atoms with Gasteiger partial charge in [-0.05, 0) is 50.1 Å². The molecular weight excluding hydrogens is 254 g/mol. The van der Waals surface area contributed by atoms with Crippen molar-refractivity contribution in [1.29, 1.82) is 0 Å². The van der Waals surface area contributed by atoms with Gasteiger partial charge in [-0.25, -0.2) is 0 Å². The fourth-order valence-corrected chi connectivity index (χ4v) is 3.28. The Morgan fingerprint density at radius 1 is 1.26 bits per heavy atom. The Hall–Kier alpha value is -1.32. The number of methoxy groups -OCH3 is 1. The maximum atomic E-state index is 5.63. The Morgan fingerprint density at radius 3 is 2.74 bits per heavy atom. The second-order valence-electron chi connectivity index (χ2n) is 4.88. The van der Waals surface area contributed by atoms with Crippen LogP contribution >= 0.6 is 11.3 Å². The number of benzene rings is 1. The van der Waals surface area contributed by atoms with Crippen LogP contribution in [-0.4, -0.2) is 13.7 Å². The minimum absolute atomic E-state index is 0.527. The summed E-state index contributed by atoms with van der Waals surface area (Å²) in [5.74, 6) is 1.46. The Labute approximate surface area is 119 Å². The lowest BCUT2D eigenvalue weighted by atomic mass is 10.1. The van der Waals surface area contributed by atoms with Gasteiger partial charge in [0.25, 0.3) is 0 Å². The SMILES string of the molecule is COc1ccc(C)cc1-c1ccc(C(C)CCN)s1. The molecule has 3 heteroatoms. The average molecular weight is 275 g/mol. The molecule has 0 fully saturated rings. The summed E-state index contributed by atoms with van der Waals surface area (Å²) in [7, 11) is 1.72. The zero-order valence-electron chi connectivity index (χ0n) is 11.8. The van der Waals surface area contributed by atoms with Crippen molar-refractivity contribution < 1.29 is 4.74 Å². The molecule has 2 nitrogen and oxygen atoms in total. The van der Waals surface area contributed by atoms with Crippen molar-refractivity contribution in [2.45, 2.75) is 26.2 Å². The standard InChI is InChI=1S/C16H21NOS/c1-11-4-5-14(18-3)13(10-11)16-7-6-15(19-16)12(2)8-9-17/h4-7,10,12H,8-9,17H2,1-3H3. The van der Waals surface area contributed by atoms with Crippen molar-refractivity contribution in [2.75, 3.05) is 13.7 Å². The van der Waals surface area contributed by atoms with E-state index in [1.165, 1.54) is 20.9 Å². The van der Waals surface area contributed by atoms with E-state index in [2.05, 4.69) is 38.1 Å². The third-order valence-corrected chi connectivity index (χ3v) is 4.68. The molecule has 0 spiro atoms. The summed E-state index contributed by atoms with van der Waals surface area (Å²) in [5.41, 5.74) is 8.06. The van der Waals surface area contributed by atoms with Crippen molar-refractivity contribution in [3.05, 3.63) is 40.8 Å². The monoisotopic (exact) mass is 275 g/mol. The topological polar surface area (TPSA) is 35.2 Å². The zero-order chi connectivity index (χ0) is 13.8. The molecule has 1 aromatic heterocycles. The van der Waals surface area contributed by atoms with Gasteiger partial charge in [0.2, 0.25) is 0 Å². The maximum absolute atomic E-state index is 5.63. The van der Waals surface area contributed by atoms with E-state index in [0.717, 1.165) is 18.7 Å². The quantitative estimate of drug-likeness (QED) is 0.888. The maximum Gasteiger partial charge on any atom is 0.127 e. The van der Waals surface area contributed by atoms with Gasteiger partial charge in [-0.1, -0.05) is 18.6 Å². The normalized spacial score (nSPS) is 12.4. The summed E-state index contributed by atoms with van der Waals surface area (Å²) in [6.45, 7) is 5.08. The molecule has 0 aliphatic rings. The summed E-state index contributed by atoms with van der Waals surface area (Å²) in [6.07, 6.45) is 1.03. The fourth-order valence-electron chi connectivity index (χ4n) is 2.17. The molecule has 0 saturated carbocycles. The van der Waals surface area contributed by atoms with Crippen LogP contribution in [0.3, 0.4) is 0 Å². The number of aryl methyl sites for hydroxylation is 1. The first kappa shape index (κ1) is 14.1. The third-order valence-electron chi connectivity index (χ3n) is 3.33. The summed E-state index contributed by atoms with van der Waals surface area (Å²) >= 11 is 1.84. The van der Waals surface area contributed by atoms with Gasteiger partial charge in [0.1, 0.15) is 5.75 Å². The van der Waals surface area contributed by atoms with Crippen molar-refractivity contribution >= 4 is 11.3 Å². The van der Waals surface area contributed by atoms with E-state index in [-0.39, 0.29) is 0 Å². The summed E-state index contributed by atoms with van der Waals surface area (Å²) < 4.78 is 5.46. The molecule has 0 radical (unpaired) electrons. The molecule has 102 valence electrons. The molecular formula is C16H21NOS. The second-order valence-corrected chi connectivity index (χ2v) is 6.00. The van der Waals surface area contributed by atoms with Gasteiger partial charge in [0.05, 0.1) is 7.11 Å². The van der Waals surface area contributed by atoms with Crippen molar-refractivity contribution in [3.63, 3.8) is 0 Å². The van der Waals surface area contributed by atoms with Crippen LogP contribution in [0.15, 0.2) is 30.3 Å². The molecule has 0 saturated heterocycles. The predicted octanol–water partition coefficient (Wildman–Crippen LogP) is 4.18. The van der Waals surface area contributed by atoms with Crippen LogP contribution in [0.2, 0.25) is 0 Å². The first-order chi connectivity index (χ1) is 9.15. The van der Waals surface area contributed by atoms with Gasteiger partial charge in [-0.15, -0.1) is 11.3 Å². The molecule has 2 rings (SSSR count). The summed E-state index contributed by atoms with van der Waals surface area (Å²) in [6, 6.07) is 10.7. The van der Waals surface area contributed by atoms with Crippen LogP contribution in [0.5, 0.6) is 5.75 Å². The van der Waals surface area contributed by atoms with Gasteiger partial charge in [-0.2, -0.15) is 0 Å². The number of hydrogen-bond acceptors (Lipinski definition) is 3. The summed E-state index contributed by atoms with van der Waals surface area (Å²) in [5, 5.41) is 0. The number of nitrogens with two attached hydrogens (primary N) is 1. The molecule has 1 unspecified atom stereocenters. The number of thiophene rings is 1. The Bertz CT molecular complexity index is 547. The van der Waals surface area contributed by atoms with E-state index in [1.807, 2.05) is 17.4 Å². The molecule has 0 aliphatic heterocycles. The predicted molar refractivity (Wildman–Crippen MR) is 83.1 cm³/mol. The molecule has 2 N–H and O–H groups in total. The summed E-state index contributed by atoms with van der Waals surface area (Å²) in [4.78, 5) is 2.66. The molecule has 1 aromatic carbocycles. The number of ether oxygens (including phenoxy) is 1. The molecule has 0 aliphatic carbocycles. The highest BCUT2D eigenvalue weighted by Crippen LogP contribution is 2.38. The van der Waals surface area contributed by atoms with Crippen molar-refractivity contribution in [3.8, 4) is 16.2 Å². The average Bonchev–Trinajstić information content (AvgIpc) is 2.88. The van der Waals surface area contributed by atoms with Gasteiger partial charge >= 0.3 is 0 Å². The first-order valence-electron chi connectivity index (χ1n) is 6.60. The number of rotatable bonds is 5. The lowest BCUT2D eigenvalue weighted by Crippen LogP contribution is -2.03. The highest BCUT2D eigenvalue weighted by Gasteiger charge is 2.12. The molecule has 0 amide bonds. The van der Waals surface area contributed by atoms with Crippen LogP contribution in [0.1, 0.15) is 29.7 Å². The lowest BCUT2D eigenvalue weighted by molar-refractivity contribution is 0.416. The van der Waals surface area contributed by atoms with Crippen molar-refractivity contribution in [2.24, 2.45) is 5.73 Å². The van der Waals surface area contributed by atoms with E-state index in [4.69, 9.17) is 10.5 Å². The number of hydrogen-bond donors (Lipinski definition) is 1. The molecule has 2 aromatic rings. The largest absolute Gasteiger partial charge is 0.496 e. The van der Waals surface area contributed by atoms with Gasteiger partial charge in [0, 0.05) is 15.3 Å². The highest BCUT2D eigenvalue weighted by molar-refractivity contribution is 7.15. The van der Waals surface area contributed by atoms with Gasteiger partial charge < -0.3 is 10.5 Å². The highest BCUT2D eigenvalue weighted by atomic mass is 32.1. The smallest absolute Gasteiger partial charge is 0.127 e.